The molecule has 4 N–H and O–H groups in total. The quantitative estimate of drug-likeness (QED) is 0.669. The number of hydrogen-bond acceptors (Lipinski definition) is 6. The Morgan fingerprint density at radius 2 is 2.00 bits per heavy atom. The molecule has 0 radical (unpaired) electrons. The van der Waals surface area contributed by atoms with E-state index in [-0.39, 0.29) is 0 Å². The lowest BCUT2D eigenvalue weighted by Gasteiger charge is -2.05. The highest BCUT2D eigenvalue weighted by atomic mass is 15.4. The molecule has 1 aliphatic heterocycles. The molecule has 0 saturated heterocycles. The van der Waals surface area contributed by atoms with Gasteiger partial charge in [0.05, 0.1) is 5.69 Å². The number of nitrogens with one attached hydrogen (secondary N) is 2. The minimum Gasteiger partial charge on any atom is -0.380 e. The van der Waals surface area contributed by atoms with E-state index in [0.29, 0.717) is 17.4 Å². The molecule has 1 aromatic rings. The summed E-state index contributed by atoms with van der Waals surface area (Å²) in [6.07, 6.45) is 0. The molecule has 0 bridgehead atoms. The Kier molecular flexibility index (Phi) is 3.34. The number of amidine groups is 2. The first-order valence-corrected chi connectivity index (χ1v) is 5.35. The summed E-state index contributed by atoms with van der Waals surface area (Å²) in [5.74, 6) is 0.901. The Hall–Kier alpha value is -2.37. The van der Waals surface area contributed by atoms with Crippen LogP contribution in [0.3, 0.4) is 0 Å². The van der Waals surface area contributed by atoms with Gasteiger partial charge in [0, 0.05) is 6.54 Å². The van der Waals surface area contributed by atoms with Gasteiger partial charge in [0.15, 0.2) is 17.4 Å². The van der Waals surface area contributed by atoms with Crippen LogP contribution in [-0.2, 0) is 0 Å². The van der Waals surface area contributed by atoms with Gasteiger partial charge in [-0.15, -0.1) is 10.2 Å². The van der Waals surface area contributed by atoms with Crippen molar-refractivity contribution in [2.75, 3.05) is 12.0 Å². The number of rotatable bonds is 3. The maximum absolute atomic E-state index is 5.69. The summed E-state index contributed by atoms with van der Waals surface area (Å²) >= 11 is 0. The second-order valence-electron chi connectivity index (χ2n) is 3.40. The lowest BCUT2D eigenvalue weighted by Crippen LogP contribution is -2.36. The number of benzene rings is 1. The van der Waals surface area contributed by atoms with Crippen molar-refractivity contribution in [2.24, 2.45) is 21.0 Å². The van der Waals surface area contributed by atoms with Crippen LogP contribution in [0.4, 0.5) is 5.69 Å². The number of nitrogens with zero attached hydrogens (tertiary/aromatic N) is 3. The second kappa shape index (κ2) is 5.11. The normalized spacial score (nSPS) is 16.6. The van der Waals surface area contributed by atoms with E-state index in [4.69, 9.17) is 5.73 Å². The van der Waals surface area contributed by atoms with Gasteiger partial charge in [-0.3, -0.25) is 5.43 Å². The van der Waals surface area contributed by atoms with E-state index in [2.05, 4.69) is 26.0 Å². The molecule has 88 valence electrons. The fraction of sp³-hybridized carbons (Fsp3) is 0.182. The second-order valence-corrected chi connectivity index (χ2v) is 3.40. The van der Waals surface area contributed by atoms with Crippen molar-refractivity contribution in [3.05, 3.63) is 30.3 Å². The Bertz CT molecular complexity index is 474. The zero-order chi connectivity index (χ0) is 12.1. The fourth-order valence-electron chi connectivity index (χ4n) is 1.35. The lowest BCUT2D eigenvalue weighted by atomic mass is 10.3. The molecule has 0 saturated carbocycles. The first-order chi connectivity index (χ1) is 8.31. The highest BCUT2D eigenvalue weighted by Crippen LogP contribution is 2.05. The van der Waals surface area contributed by atoms with Gasteiger partial charge in [-0.25, -0.2) is 0 Å². The standard InChI is InChI=1S/C11H14N6/c1-2-13-11-9(10(12)16-17-11)15-14-8-6-4-3-5-7-8/h3-7,14H,2H2,1H3,(H3,12,13,15,16,17). The summed E-state index contributed by atoms with van der Waals surface area (Å²) < 4.78 is 0. The van der Waals surface area contributed by atoms with Crippen LogP contribution in [0.2, 0.25) is 0 Å². The maximum Gasteiger partial charge on any atom is 0.180 e. The van der Waals surface area contributed by atoms with E-state index in [9.17, 15) is 0 Å². The molecule has 6 heteroatoms. The van der Waals surface area contributed by atoms with Crippen molar-refractivity contribution in [3.63, 3.8) is 0 Å². The van der Waals surface area contributed by atoms with Crippen molar-refractivity contribution in [1.82, 2.24) is 5.32 Å². The largest absolute Gasteiger partial charge is 0.380 e. The fourth-order valence-corrected chi connectivity index (χ4v) is 1.35. The van der Waals surface area contributed by atoms with Gasteiger partial charge in [-0.2, -0.15) is 5.10 Å². The van der Waals surface area contributed by atoms with Crippen molar-refractivity contribution in [1.29, 1.82) is 0 Å². The molecule has 1 heterocycles. The third-order valence-corrected chi connectivity index (χ3v) is 2.14. The topological polar surface area (TPSA) is 87.2 Å². The van der Waals surface area contributed by atoms with Gasteiger partial charge in [-0.1, -0.05) is 18.2 Å². The molecule has 0 amide bonds. The highest BCUT2D eigenvalue weighted by molar-refractivity contribution is 6.69. The van der Waals surface area contributed by atoms with E-state index >= 15 is 0 Å². The molecule has 17 heavy (non-hydrogen) atoms. The van der Waals surface area contributed by atoms with Gasteiger partial charge in [0.2, 0.25) is 0 Å². The van der Waals surface area contributed by atoms with Gasteiger partial charge in [0.1, 0.15) is 0 Å². The maximum atomic E-state index is 5.69. The number of nitrogens with two attached hydrogens (primary N) is 1. The van der Waals surface area contributed by atoms with Crippen LogP contribution >= 0.6 is 0 Å². The van der Waals surface area contributed by atoms with Crippen LogP contribution in [0, 0.1) is 0 Å². The van der Waals surface area contributed by atoms with Crippen LogP contribution in [-0.4, -0.2) is 23.9 Å². The third-order valence-electron chi connectivity index (χ3n) is 2.14. The average Bonchev–Trinajstić information content (AvgIpc) is 2.70. The monoisotopic (exact) mass is 230 g/mol. The molecule has 0 spiro atoms. The predicted molar refractivity (Wildman–Crippen MR) is 70.2 cm³/mol. The molecule has 0 aliphatic carbocycles. The van der Waals surface area contributed by atoms with Gasteiger partial charge in [0.25, 0.3) is 0 Å². The minimum absolute atomic E-state index is 0.310. The summed E-state index contributed by atoms with van der Waals surface area (Å²) in [7, 11) is 0. The molecule has 6 nitrogen and oxygen atoms in total. The Labute approximate surface area is 99.3 Å². The van der Waals surface area contributed by atoms with E-state index in [1.807, 2.05) is 37.3 Å². The van der Waals surface area contributed by atoms with E-state index < -0.39 is 0 Å². The van der Waals surface area contributed by atoms with Crippen molar-refractivity contribution in [3.8, 4) is 0 Å². The van der Waals surface area contributed by atoms with Crippen molar-refractivity contribution >= 4 is 23.1 Å². The van der Waals surface area contributed by atoms with Crippen LogP contribution in [0.1, 0.15) is 6.92 Å². The summed E-state index contributed by atoms with van der Waals surface area (Å²) in [5.41, 5.74) is 10.0. The smallest absolute Gasteiger partial charge is 0.180 e. The minimum atomic E-state index is 0.310. The van der Waals surface area contributed by atoms with Gasteiger partial charge in [-0.05, 0) is 19.1 Å². The molecule has 0 fully saturated rings. The molecule has 1 aliphatic rings. The third kappa shape index (κ3) is 2.60. The predicted octanol–water partition coefficient (Wildman–Crippen LogP) is 0.748. The lowest BCUT2D eigenvalue weighted by molar-refractivity contribution is 0.969. The number of hydrazone groups is 1. The number of hydrogen-bond donors (Lipinski definition) is 3. The summed E-state index contributed by atoms with van der Waals surface area (Å²) in [6.45, 7) is 2.71. The molecule has 0 atom stereocenters. The molecule has 1 aromatic carbocycles. The number of para-hydroxylation sites is 1. The van der Waals surface area contributed by atoms with Gasteiger partial charge < -0.3 is 11.1 Å². The average molecular weight is 230 g/mol. The van der Waals surface area contributed by atoms with Crippen LogP contribution in [0.5, 0.6) is 0 Å². The first-order valence-electron chi connectivity index (χ1n) is 5.35. The van der Waals surface area contributed by atoms with E-state index in [0.717, 1.165) is 12.2 Å². The van der Waals surface area contributed by atoms with E-state index in [1.54, 1.807) is 0 Å². The van der Waals surface area contributed by atoms with Crippen molar-refractivity contribution < 1.29 is 0 Å². The Morgan fingerprint density at radius 1 is 1.24 bits per heavy atom. The highest BCUT2D eigenvalue weighted by Gasteiger charge is 2.18. The first kappa shape index (κ1) is 11.1. The SMILES string of the molecule is CCNC1=NN=C(N)/C1=N\Nc1ccccc1. The van der Waals surface area contributed by atoms with Crippen LogP contribution in [0.15, 0.2) is 45.6 Å². The summed E-state index contributed by atoms with van der Waals surface area (Å²) in [5, 5.41) is 14.9. The zero-order valence-electron chi connectivity index (χ0n) is 9.51. The molecule has 2 rings (SSSR count). The Morgan fingerprint density at radius 3 is 2.71 bits per heavy atom. The Balaban J connectivity index is 2.10. The summed E-state index contributed by atoms with van der Waals surface area (Å²) in [4.78, 5) is 0. The van der Waals surface area contributed by atoms with Crippen LogP contribution < -0.4 is 16.5 Å². The molecular formula is C11H14N6. The summed E-state index contributed by atoms with van der Waals surface area (Å²) in [6, 6.07) is 9.61. The van der Waals surface area contributed by atoms with E-state index in [1.165, 1.54) is 0 Å². The van der Waals surface area contributed by atoms with Crippen LogP contribution in [0.25, 0.3) is 0 Å². The van der Waals surface area contributed by atoms with Crippen molar-refractivity contribution in [2.45, 2.75) is 6.92 Å². The number of anilines is 1. The molecular weight excluding hydrogens is 216 g/mol. The zero-order valence-corrected chi connectivity index (χ0v) is 9.51. The molecule has 0 aromatic heterocycles. The van der Waals surface area contributed by atoms with Gasteiger partial charge >= 0.3 is 0 Å². The molecule has 0 unspecified atom stereocenters.